The van der Waals surface area contributed by atoms with E-state index in [2.05, 4.69) is 54.3 Å². The minimum absolute atomic E-state index is 0.158. The van der Waals surface area contributed by atoms with Crippen LogP contribution >= 0.6 is 0 Å². The second-order valence-electron chi connectivity index (χ2n) is 6.83. The fourth-order valence-corrected chi connectivity index (χ4v) is 3.60. The summed E-state index contributed by atoms with van der Waals surface area (Å²) in [7, 11) is 0. The molecule has 2 unspecified atom stereocenters. The Labute approximate surface area is 149 Å². The van der Waals surface area contributed by atoms with E-state index in [0.717, 1.165) is 37.6 Å². The zero-order valence-corrected chi connectivity index (χ0v) is 14.7. The highest BCUT2D eigenvalue weighted by Crippen LogP contribution is 2.31. The third-order valence-electron chi connectivity index (χ3n) is 4.83. The summed E-state index contributed by atoms with van der Waals surface area (Å²) >= 11 is 0. The van der Waals surface area contributed by atoms with Crippen LogP contribution in [0.2, 0.25) is 0 Å². The monoisotopic (exact) mass is 339 g/mol. The fourth-order valence-electron chi connectivity index (χ4n) is 3.60. The van der Waals surface area contributed by atoms with Crippen molar-refractivity contribution in [1.29, 1.82) is 0 Å². The van der Waals surface area contributed by atoms with Crippen LogP contribution in [0.4, 0.5) is 0 Å². The van der Waals surface area contributed by atoms with Gasteiger partial charge < -0.3 is 14.2 Å². The lowest BCUT2D eigenvalue weighted by Crippen LogP contribution is -2.43. The SMILES string of the molecule is CC1CN(CCc2ccc3c(c2)OCCO3)CC(c2ccccc2)O1. The average molecular weight is 339 g/mol. The molecule has 0 N–H and O–H groups in total. The molecule has 25 heavy (non-hydrogen) atoms. The van der Waals surface area contributed by atoms with E-state index in [1.165, 1.54) is 11.1 Å². The number of fused-ring (bicyclic) bond motifs is 1. The van der Waals surface area contributed by atoms with Crippen LogP contribution in [0.15, 0.2) is 48.5 Å². The second-order valence-corrected chi connectivity index (χ2v) is 6.83. The Bertz CT molecular complexity index is 704. The summed E-state index contributed by atoms with van der Waals surface area (Å²) in [4.78, 5) is 2.50. The highest BCUT2D eigenvalue weighted by molar-refractivity contribution is 5.43. The lowest BCUT2D eigenvalue weighted by atomic mass is 10.1. The molecule has 0 saturated carbocycles. The van der Waals surface area contributed by atoms with Crippen LogP contribution in [0.1, 0.15) is 24.2 Å². The van der Waals surface area contributed by atoms with E-state index in [0.29, 0.717) is 13.2 Å². The van der Waals surface area contributed by atoms with Crippen LogP contribution in [0.5, 0.6) is 11.5 Å². The van der Waals surface area contributed by atoms with E-state index >= 15 is 0 Å². The van der Waals surface area contributed by atoms with Crippen molar-refractivity contribution in [1.82, 2.24) is 4.90 Å². The summed E-state index contributed by atoms with van der Waals surface area (Å²) in [6.07, 6.45) is 1.41. The van der Waals surface area contributed by atoms with Crippen molar-refractivity contribution in [3.63, 3.8) is 0 Å². The van der Waals surface area contributed by atoms with Gasteiger partial charge in [-0.15, -0.1) is 0 Å². The Balaban J connectivity index is 1.39. The third kappa shape index (κ3) is 3.97. The molecule has 0 radical (unpaired) electrons. The minimum Gasteiger partial charge on any atom is -0.486 e. The second kappa shape index (κ2) is 7.46. The van der Waals surface area contributed by atoms with E-state index in [1.807, 2.05) is 6.07 Å². The molecule has 2 atom stereocenters. The zero-order valence-electron chi connectivity index (χ0n) is 14.7. The minimum atomic E-state index is 0.158. The molecule has 0 spiro atoms. The van der Waals surface area contributed by atoms with Gasteiger partial charge in [-0.3, -0.25) is 4.90 Å². The molecule has 2 aromatic rings. The topological polar surface area (TPSA) is 30.9 Å². The van der Waals surface area contributed by atoms with Gasteiger partial charge in [-0.1, -0.05) is 36.4 Å². The summed E-state index contributed by atoms with van der Waals surface area (Å²) in [6.45, 7) is 6.38. The number of hydrogen-bond acceptors (Lipinski definition) is 4. The predicted molar refractivity (Wildman–Crippen MR) is 97.3 cm³/mol. The predicted octanol–water partition coefficient (Wildman–Crippen LogP) is 3.46. The molecule has 2 heterocycles. The highest BCUT2D eigenvalue weighted by Gasteiger charge is 2.26. The highest BCUT2D eigenvalue weighted by atomic mass is 16.6. The maximum absolute atomic E-state index is 6.15. The first-order valence-electron chi connectivity index (χ1n) is 9.09. The van der Waals surface area contributed by atoms with Crippen molar-refractivity contribution in [2.75, 3.05) is 32.8 Å². The van der Waals surface area contributed by atoms with Gasteiger partial charge in [-0.25, -0.2) is 0 Å². The normalized spacial score (nSPS) is 23.4. The van der Waals surface area contributed by atoms with Crippen LogP contribution in [-0.2, 0) is 11.2 Å². The fraction of sp³-hybridized carbons (Fsp3) is 0.429. The van der Waals surface area contributed by atoms with Crippen molar-refractivity contribution < 1.29 is 14.2 Å². The summed E-state index contributed by atoms with van der Waals surface area (Å²) in [5.74, 6) is 1.74. The number of benzene rings is 2. The molecule has 2 aliphatic heterocycles. The molecule has 4 heteroatoms. The number of nitrogens with zero attached hydrogens (tertiary/aromatic N) is 1. The van der Waals surface area contributed by atoms with Gasteiger partial charge in [0.25, 0.3) is 0 Å². The molecule has 4 nitrogen and oxygen atoms in total. The standard InChI is InChI=1S/C21H25NO3/c1-16-14-22(15-21(25-16)18-5-3-2-4-6-18)10-9-17-7-8-19-20(13-17)24-12-11-23-19/h2-8,13,16,21H,9-12,14-15H2,1H3. The molecule has 1 fully saturated rings. The molecule has 0 aliphatic carbocycles. The smallest absolute Gasteiger partial charge is 0.161 e. The van der Waals surface area contributed by atoms with Crippen LogP contribution in [-0.4, -0.2) is 43.9 Å². The summed E-state index contributed by atoms with van der Waals surface area (Å²) < 4.78 is 17.4. The first-order chi connectivity index (χ1) is 12.3. The summed E-state index contributed by atoms with van der Waals surface area (Å²) in [6, 6.07) is 16.8. The Morgan fingerprint density at radius 2 is 1.76 bits per heavy atom. The van der Waals surface area contributed by atoms with Gasteiger partial charge in [0, 0.05) is 19.6 Å². The molecular weight excluding hydrogens is 314 g/mol. The Hall–Kier alpha value is -2.04. The van der Waals surface area contributed by atoms with Crippen LogP contribution in [0.25, 0.3) is 0 Å². The molecule has 2 aromatic carbocycles. The molecule has 4 rings (SSSR count). The van der Waals surface area contributed by atoms with E-state index in [9.17, 15) is 0 Å². The lowest BCUT2D eigenvalue weighted by molar-refractivity contribution is -0.0785. The van der Waals surface area contributed by atoms with E-state index in [-0.39, 0.29) is 12.2 Å². The molecular formula is C21H25NO3. The average Bonchev–Trinajstić information content (AvgIpc) is 2.66. The largest absolute Gasteiger partial charge is 0.486 e. The van der Waals surface area contributed by atoms with Gasteiger partial charge in [0.2, 0.25) is 0 Å². The quantitative estimate of drug-likeness (QED) is 0.853. The Morgan fingerprint density at radius 3 is 2.60 bits per heavy atom. The van der Waals surface area contributed by atoms with Crippen molar-refractivity contribution in [3.8, 4) is 11.5 Å². The molecule has 1 saturated heterocycles. The summed E-state index contributed by atoms with van der Waals surface area (Å²) in [5.41, 5.74) is 2.55. The molecule has 0 amide bonds. The van der Waals surface area contributed by atoms with Crippen molar-refractivity contribution >= 4 is 0 Å². The molecule has 2 aliphatic rings. The van der Waals surface area contributed by atoms with Crippen LogP contribution in [0.3, 0.4) is 0 Å². The number of ether oxygens (including phenoxy) is 3. The van der Waals surface area contributed by atoms with Gasteiger partial charge in [0.05, 0.1) is 12.2 Å². The van der Waals surface area contributed by atoms with E-state index in [4.69, 9.17) is 14.2 Å². The maximum atomic E-state index is 6.15. The maximum Gasteiger partial charge on any atom is 0.161 e. The van der Waals surface area contributed by atoms with Gasteiger partial charge >= 0.3 is 0 Å². The van der Waals surface area contributed by atoms with Crippen molar-refractivity contribution in [2.24, 2.45) is 0 Å². The van der Waals surface area contributed by atoms with E-state index < -0.39 is 0 Å². The number of rotatable bonds is 4. The number of morpholine rings is 1. The van der Waals surface area contributed by atoms with Crippen LogP contribution in [0, 0.1) is 0 Å². The Morgan fingerprint density at radius 1 is 0.960 bits per heavy atom. The van der Waals surface area contributed by atoms with Crippen molar-refractivity contribution in [2.45, 2.75) is 25.6 Å². The van der Waals surface area contributed by atoms with Crippen LogP contribution < -0.4 is 9.47 Å². The van der Waals surface area contributed by atoms with Gasteiger partial charge in [-0.2, -0.15) is 0 Å². The van der Waals surface area contributed by atoms with E-state index in [1.54, 1.807) is 0 Å². The number of hydrogen-bond donors (Lipinski definition) is 0. The molecule has 132 valence electrons. The first-order valence-corrected chi connectivity index (χ1v) is 9.09. The van der Waals surface area contributed by atoms with Gasteiger partial charge in [-0.05, 0) is 36.6 Å². The summed E-state index contributed by atoms with van der Waals surface area (Å²) in [5, 5.41) is 0. The van der Waals surface area contributed by atoms with Gasteiger partial charge in [0.15, 0.2) is 11.5 Å². The zero-order chi connectivity index (χ0) is 17.1. The lowest BCUT2D eigenvalue weighted by Gasteiger charge is -2.37. The molecule has 0 aromatic heterocycles. The first kappa shape index (κ1) is 16.4. The van der Waals surface area contributed by atoms with Gasteiger partial charge in [0.1, 0.15) is 13.2 Å². The third-order valence-corrected chi connectivity index (χ3v) is 4.83. The molecule has 0 bridgehead atoms. The van der Waals surface area contributed by atoms with Crippen molar-refractivity contribution in [3.05, 3.63) is 59.7 Å². The Kier molecular flexibility index (Phi) is 4.90.